The van der Waals surface area contributed by atoms with Crippen molar-refractivity contribution in [3.63, 3.8) is 0 Å². The Bertz CT molecular complexity index is 1160. The van der Waals surface area contributed by atoms with Gasteiger partial charge in [0.05, 0.1) is 11.6 Å². The summed E-state index contributed by atoms with van der Waals surface area (Å²) in [6.45, 7) is 1.53. The van der Waals surface area contributed by atoms with Crippen LogP contribution in [0.5, 0.6) is 5.75 Å². The van der Waals surface area contributed by atoms with Crippen molar-refractivity contribution >= 4 is 17.7 Å². The molecule has 0 saturated heterocycles. The van der Waals surface area contributed by atoms with Crippen LogP contribution in [0.25, 0.3) is 0 Å². The van der Waals surface area contributed by atoms with Gasteiger partial charge in [0.15, 0.2) is 6.10 Å². The maximum atomic E-state index is 12.9. The van der Waals surface area contributed by atoms with Gasteiger partial charge in [0.2, 0.25) is 0 Å². The number of ether oxygens (including phenoxy) is 1. The fraction of sp³-hybridized carbons (Fsp3) is 0.154. The molecule has 0 aliphatic carbocycles. The van der Waals surface area contributed by atoms with Crippen molar-refractivity contribution in [2.75, 3.05) is 0 Å². The summed E-state index contributed by atoms with van der Waals surface area (Å²) in [6.07, 6.45) is -0.682. The Morgan fingerprint density at radius 3 is 2.06 bits per heavy atom. The normalized spacial score (nSPS) is 11.9. The van der Waals surface area contributed by atoms with Crippen molar-refractivity contribution < 1.29 is 19.1 Å². The van der Waals surface area contributed by atoms with Crippen molar-refractivity contribution in [1.29, 1.82) is 5.26 Å². The second-order valence-electron chi connectivity index (χ2n) is 7.46. The van der Waals surface area contributed by atoms with E-state index in [1.807, 2.05) is 36.4 Å². The molecule has 3 N–H and O–H groups in total. The highest BCUT2D eigenvalue weighted by Crippen LogP contribution is 2.13. The number of nitriles is 1. The van der Waals surface area contributed by atoms with Gasteiger partial charge in [0.1, 0.15) is 11.8 Å². The maximum Gasteiger partial charge on any atom is 0.279 e. The first-order valence-corrected chi connectivity index (χ1v) is 10.6. The van der Waals surface area contributed by atoms with E-state index in [4.69, 9.17) is 10.00 Å². The molecule has 0 saturated carbocycles. The summed E-state index contributed by atoms with van der Waals surface area (Å²) in [6, 6.07) is 25.2. The molecule has 0 unspecified atom stereocenters. The van der Waals surface area contributed by atoms with Gasteiger partial charge in [0.25, 0.3) is 17.7 Å². The number of nitrogens with zero attached hydrogens (tertiary/aromatic N) is 1. The number of nitrogens with one attached hydrogen (secondary N) is 3. The van der Waals surface area contributed by atoms with Gasteiger partial charge in [-0.1, -0.05) is 48.5 Å². The minimum Gasteiger partial charge on any atom is -0.481 e. The van der Waals surface area contributed by atoms with Gasteiger partial charge in [-0.3, -0.25) is 25.2 Å². The molecule has 0 radical (unpaired) electrons. The van der Waals surface area contributed by atoms with E-state index >= 15 is 0 Å². The first-order chi connectivity index (χ1) is 16.5. The van der Waals surface area contributed by atoms with Crippen LogP contribution in [0.3, 0.4) is 0 Å². The van der Waals surface area contributed by atoms with Gasteiger partial charge >= 0.3 is 0 Å². The van der Waals surface area contributed by atoms with Crippen LogP contribution in [0.1, 0.15) is 28.4 Å². The Kier molecular flexibility index (Phi) is 8.36. The van der Waals surface area contributed by atoms with Gasteiger partial charge in [-0.2, -0.15) is 5.26 Å². The molecule has 0 aromatic heterocycles. The van der Waals surface area contributed by atoms with Gasteiger partial charge in [0, 0.05) is 12.0 Å². The van der Waals surface area contributed by atoms with E-state index in [9.17, 15) is 14.4 Å². The molecular formula is C26H24N4O4. The number of carbonyl (C=O) groups excluding carboxylic acids is 3. The molecule has 0 spiro atoms. The lowest BCUT2D eigenvalue weighted by molar-refractivity contribution is -0.133. The van der Waals surface area contributed by atoms with Crippen LogP contribution in [-0.4, -0.2) is 29.9 Å². The van der Waals surface area contributed by atoms with E-state index in [1.54, 1.807) is 54.6 Å². The zero-order chi connectivity index (χ0) is 24.3. The zero-order valence-electron chi connectivity index (χ0n) is 18.5. The molecule has 3 amide bonds. The quantitative estimate of drug-likeness (QED) is 0.450. The Balaban J connectivity index is 1.61. The van der Waals surface area contributed by atoms with Crippen LogP contribution in [0.15, 0.2) is 84.9 Å². The highest BCUT2D eigenvalue weighted by molar-refractivity contribution is 5.98. The molecule has 0 fully saturated rings. The highest BCUT2D eigenvalue weighted by Gasteiger charge is 2.23. The molecule has 2 atom stereocenters. The van der Waals surface area contributed by atoms with Gasteiger partial charge < -0.3 is 10.1 Å². The minimum atomic E-state index is -0.926. The third kappa shape index (κ3) is 6.93. The summed E-state index contributed by atoms with van der Waals surface area (Å²) in [4.78, 5) is 37.9. The third-order valence-corrected chi connectivity index (χ3v) is 4.91. The molecule has 3 rings (SSSR count). The number of rotatable bonds is 8. The van der Waals surface area contributed by atoms with E-state index in [-0.39, 0.29) is 6.42 Å². The first-order valence-electron chi connectivity index (χ1n) is 10.6. The molecule has 0 bridgehead atoms. The maximum absolute atomic E-state index is 12.9. The Hall–Kier alpha value is -4.64. The van der Waals surface area contributed by atoms with Crippen LogP contribution in [0.2, 0.25) is 0 Å². The standard InChI is InChI=1S/C26H24N4O4/c1-18(34-22-14-12-20(17-27)13-15-22)24(31)29-30-26(33)23(16-19-8-4-2-5-9-19)28-25(32)21-10-6-3-7-11-21/h2-15,18,23H,16H2,1H3,(H,28,32)(H,29,31)(H,30,33)/t18-,23-/m0/s1. The number of hydrazine groups is 1. The number of amides is 3. The smallest absolute Gasteiger partial charge is 0.279 e. The average Bonchev–Trinajstić information content (AvgIpc) is 2.88. The average molecular weight is 457 g/mol. The van der Waals surface area contributed by atoms with Crippen LogP contribution >= 0.6 is 0 Å². The number of hydrogen-bond acceptors (Lipinski definition) is 5. The van der Waals surface area contributed by atoms with Crippen molar-refractivity contribution in [1.82, 2.24) is 16.2 Å². The lowest BCUT2D eigenvalue weighted by Gasteiger charge is -2.20. The van der Waals surface area contributed by atoms with E-state index < -0.39 is 29.9 Å². The number of carbonyl (C=O) groups is 3. The fourth-order valence-corrected chi connectivity index (χ4v) is 3.07. The number of benzene rings is 3. The molecule has 8 heteroatoms. The minimum absolute atomic E-state index is 0.235. The zero-order valence-corrected chi connectivity index (χ0v) is 18.5. The predicted molar refractivity (Wildman–Crippen MR) is 125 cm³/mol. The van der Waals surface area contributed by atoms with Crippen molar-refractivity contribution in [3.8, 4) is 11.8 Å². The summed E-state index contributed by atoms with van der Waals surface area (Å²) >= 11 is 0. The van der Waals surface area contributed by atoms with Crippen LogP contribution < -0.4 is 20.9 Å². The summed E-state index contributed by atoms with van der Waals surface area (Å²) < 4.78 is 5.54. The topological polar surface area (TPSA) is 120 Å². The van der Waals surface area contributed by atoms with E-state index in [2.05, 4.69) is 16.2 Å². The molecule has 34 heavy (non-hydrogen) atoms. The molecule has 3 aromatic carbocycles. The lowest BCUT2D eigenvalue weighted by Crippen LogP contribution is -2.55. The van der Waals surface area contributed by atoms with Crippen LogP contribution in [0, 0.1) is 11.3 Å². The summed E-state index contributed by atoms with van der Waals surface area (Å²) in [5.74, 6) is -1.15. The molecule has 3 aromatic rings. The van der Waals surface area contributed by atoms with Gasteiger partial charge in [-0.25, -0.2) is 0 Å². The molecular weight excluding hydrogens is 432 g/mol. The first kappa shape index (κ1) is 24.0. The Morgan fingerprint density at radius 2 is 1.44 bits per heavy atom. The highest BCUT2D eigenvalue weighted by atomic mass is 16.5. The second-order valence-corrected chi connectivity index (χ2v) is 7.46. The van der Waals surface area contributed by atoms with Gasteiger partial charge in [-0.15, -0.1) is 0 Å². The molecule has 8 nitrogen and oxygen atoms in total. The summed E-state index contributed by atoms with van der Waals surface area (Å²) in [7, 11) is 0. The Labute approximate surface area is 197 Å². The van der Waals surface area contributed by atoms with E-state index in [0.717, 1.165) is 5.56 Å². The second kappa shape index (κ2) is 11.8. The van der Waals surface area contributed by atoms with Crippen LogP contribution in [-0.2, 0) is 16.0 Å². The molecule has 0 heterocycles. The summed E-state index contributed by atoms with van der Waals surface area (Å²) in [5.41, 5.74) is 6.44. The molecule has 172 valence electrons. The fourth-order valence-electron chi connectivity index (χ4n) is 3.07. The SMILES string of the molecule is C[C@H](Oc1ccc(C#N)cc1)C(=O)NNC(=O)[C@H](Cc1ccccc1)NC(=O)c1ccccc1. The van der Waals surface area contributed by atoms with Crippen LogP contribution in [0.4, 0.5) is 0 Å². The molecule has 0 aliphatic heterocycles. The predicted octanol–water partition coefficient (Wildman–Crippen LogP) is 2.51. The lowest BCUT2D eigenvalue weighted by atomic mass is 10.0. The van der Waals surface area contributed by atoms with Crippen molar-refractivity contribution in [2.24, 2.45) is 0 Å². The monoisotopic (exact) mass is 456 g/mol. The largest absolute Gasteiger partial charge is 0.481 e. The third-order valence-electron chi connectivity index (χ3n) is 4.91. The number of hydrogen-bond donors (Lipinski definition) is 3. The van der Waals surface area contributed by atoms with Crippen molar-refractivity contribution in [2.45, 2.75) is 25.5 Å². The van der Waals surface area contributed by atoms with Gasteiger partial charge in [-0.05, 0) is 48.9 Å². The molecule has 0 aliphatic rings. The Morgan fingerprint density at radius 1 is 0.853 bits per heavy atom. The van der Waals surface area contributed by atoms with Crippen molar-refractivity contribution in [3.05, 3.63) is 102 Å². The van der Waals surface area contributed by atoms with E-state index in [1.165, 1.54) is 6.92 Å². The summed E-state index contributed by atoms with van der Waals surface area (Å²) in [5, 5.41) is 11.6. The van der Waals surface area contributed by atoms with E-state index in [0.29, 0.717) is 16.9 Å².